The predicted octanol–water partition coefficient (Wildman–Crippen LogP) is 4.73. The van der Waals surface area contributed by atoms with Gasteiger partial charge in [-0.05, 0) is 36.6 Å². The highest BCUT2D eigenvalue weighted by molar-refractivity contribution is 9.11. The second-order valence-electron chi connectivity index (χ2n) is 3.20. The molecule has 0 saturated heterocycles. The molecule has 0 nitrogen and oxygen atoms in total. The van der Waals surface area contributed by atoms with Crippen LogP contribution in [0.15, 0.2) is 27.1 Å². The van der Waals surface area contributed by atoms with Gasteiger partial charge in [-0.25, -0.2) is 0 Å². The smallest absolute Gasteiger partial charge is 0.0211 e. The fourth-order valence-electron chi connectivity index (χ4n) is 1.26. The van der Waals surface area contributed by atoms with Crippen LogP contribution in [0.1, 0.15) is 31.7 Å². The molecular formula is C12H12Br2. The van der Waals surface area contributed by atoms with E-state index in [9.17, 15) is 0 Å². The van der Waals surface area contributed by atoms with Gasteiger partial charge in [-0.1, -0.05) is 38.8 Å². The molecular weight excluding hydrogens is 304 g/mol. The largest absolute Gasteiger partial charge is 0.107 e. The molecule has 0 N–H and O–H groups in total. The summed E-state index contributed by atoms with van der Waals surface area (Å²) in [6.07, 6.45) is 0.908. The Bertz CT molecular complexity index is 372. The molecule has 2 heteroatoms. The Kier molecular flexibility index (Phi) is 4.71. The summed E-state index contributed by atoms with van der Waals surface area (Å²) in [5.41, 5.74) is 1.31. The van der Waals surface area contributed by atoms with E-state index in [1.165, 1.54) is 5.56 Å². The third kappa shape index (κ3) is 3.15. The monoisotopic (exact) mass is 314 g/mol. The molecule has 0 aliphatic carbocycles. The summed E-state index contributed by atoms with van der Waals surface area (Å²) in [5.74, 6) is 6.50. The predicted molar refractivity (Wildman–Crippen MR) is 68.3 cm³/mol. The minimum Gasteiger partial charge on any atom is -0.107 e. The average molecular weight is 316 g/mol. The molecule has 0 aliphatic rings. The number of rotatable bonds is 2. The average Bonchev–Trinajstić information content (AvgIpc) is 2.18. The van der Waals surface area contributed by atoms with E-state index in [1.54, 1.807) is 0 Å². The molecule has 0 aliphatic heterocycles. The molecule has 1 atom stereocenters. The van der Waals surface area contributed by atoms with Crippen molar-refractivity contribution >= 4 is 31.9 Å². The first kappa shape index (κ1) is 11.8. The number of benzene rings is 1. The second-order valence-corrected chi connectivity index (χ2v) is 4.97. The van der Waals surface area contributed by atoms with Crippen molar-refractivity contribution in [3.8, 4) is 11.8 Å². The van der Waals surface area contributed by atoms with Crippen molar-refractivity contribution in [3.05, 3.63) is 32.7 Å². The number of hydrogen-bond donors (Lipinski definition) is 0. The molecule has 1 aromatic rings. The van der Waals surface area contributed by atoms with Crippen molar-refractivity contribution < 1.29 is 0 Å². The van der Waals surface area contributed by atoms with Crippen molar-refractivity contribution in [2.24, 2.45) is 0 Å². The van der Waals surface area contributed by atoms with Crippen LogP contribution in [0.2, 0.25) is 0 Å². The molecule has 0 aromatic heterocycles. The lowest BCUT2D eigenvalue weighted by Gasteiger charge is -2.11. The highest BCUT2D eigenvalue weighted by atomic mass is 79.9. The fraction of sp³-hybridized carbons (Fsp3) is 0.333. The van der Waals surface area contributed by atoms with Crippen LogP contribution in [0.4, 0.5) is 0 Å². The van der Waals surface area contributed by atoms with Crippen LogP contribution in [-0.4, -0.2) is 0 Å². The van der Waals surface area contributed by atoms with Gasteiger partial charge < -0.3 is 0 Å². The zero-order valence-corrected chi connectivity index (χ0v) is 11.4. The summed E-state index contributed by atoms with van der Waals surface area (Å²) in [5, 5.41) is 0. The normalized spacial score (nSPS) is 11.7. The van der Waals surface area contributed by atoms with Crippen LogP contribution in [0.5, 0.6) is 0 Å². The number of halogens is 2. The van der Waals surface area contributed by atoms with Gasteiger partial charge in [0.25, 0.3) is 0 Å². The van der Waals surface area contributed by atoms with Crippen molar-refractivity contribution in [2.75, 3.05) is 0 Å². The summed E-state index contributed by atoms with van der Waals surface area (Å²) in [6.45, 7) is 4.07. The Balaban J connectivity index is 2.91. The van der Waals surface area contributed by atoms with E-state index in [4.69, 9.17) is 0 Å². The Hall–Kier alpha value is -0.260. The van der Waals surface area contributed by atoms with Crippen LogP contribution >= 0.6 is 31.9 Å². The molecule has 1 unspecified atom stereocenters. The molecule has 0 spiro atoms. The molecule has 1 aromatic carbocycles. The zero-order chi connectivity index (χ0) is 10.6. The summed E-state index contributed by atoms with van der Waals surface area (Å²) < 4.78 is 2.28. The van der Waals surface area contributed by atoms with E-state index < -0.39 is 0 Å². The molecule has 0 bridgehead atoms. The van der Waals surface area contributed by atoms with Crippen LogP contribution in [0.3, 0.4) is 0 Å². The highest BCUT2D eigenvalue weighted by Crippen LogP contribution is 2.29. The number of hydrogen-bond acceptors (Lipinski definition) is 0. The van der Waals surface area contributed by atoms with Gasteiger partial charge in [0.15, 0.2) is 0 Å². The first-order valence-electron chi connectivity index (χ1n) is 4.49. The van der Waals surface area contributed by atoms with E-state index >= 15 is 0 Å². The van der Waals surface area contributed by atoms with Crippen LogP contribution < -0.4 is 0 Å². The van der Waals surface area contributed by atoms with Crippen molar-refractivity contribution in [3.63, 3.8) is 0 Å². The van der Waals surface area contributed by atoms with Gasteiger partial charge in [0, 0.05) is 15.4 Å². The summed E-state index contributed by atoms with van der Waals surface area (Å²) in [6, 6.07) is 6.24. The minimum atomic E-state index is 0.467. The molecule has 74 valence electrons. The van der Waals surface area contributed by atoms with E-state index in [1.807, 2.05) is 13.0 Å². The Morgan fingerprint density at radius 3 is 2.71 bits per heavy atom. The lowest BCUT2D eigenvalue weighted by atomic mass is 9.98. The first-order chi connectivity index (χ1) is 6.65. The Labute approximate surface area is 102 Å². The van der Waals surface area contributed by atoms with E-state index in [0.717, 1.165) is 15.4 Å². The van der Waals surface area contributed by atoms with Crippen molar-refractivity contribution in [2.45, 2.75) is 26.2 Å². The maximum atomic E-state index is 3.55. The molecule has 0 saturated carbocycles. The maximum absolute atomic E-state index is 3.55. The molecule has 14 heavy (non-hydrogen) atoms. The second kappa shape index (κ2) is 5.58. The van der Waals surface area contributed by atoms with Gasteiger partial charge in [0.1, 0.15) is 0 Å². The lowest BCUT2D eigenvalue weighted by Crippen LogP contribution is -1.93. The van der Waals surface area contributed by atoms with E-state index in [-0.39, 0.29) is 0 Å². The van der Waals surface area contributed by atoms with Crippen LogP contribution in [0.25, 0.3) is 0 Å². The van der Waals surface area contributed by atoms with Crippen molar-refractivity contribution in [1.82, 2.24) is 0 Å². The van der Waals surface area contributed by atoms with Crippen LogP contribution in [-0.2, 0) is 0 Å². The van der Waals surface area contributed by atoms with Gasteiger partial charge in [0.05, 0.1) is 0 Å². The fourth-order valence-corrected chi connectivity index (χ4v) is 2.27. The summed E-state index contributed by atoms with van der Waals surface area (Å²) in [4.78, 5) is 0. The third-order valence-electron chi connectivity index (χ3n) is 2.07. The van der Waals surface area contributed by atoms with Gasteiger partial charge >= 0.3 is 0 Å². The SMILES string of the molecule is CC#CCC(C)c1cc(Br)ccc1Br. The van der Waals surface area contributed by atoms with Gasteiger partial charge in [-0.15, -0.1) is 11.8 Å². The maximum Gasteiger partial charge on any atom is 0.0211 e. The van der Waals surface area contributed by atoms with E-state index in [0.29, 0.717) is 5.92 Å². The molecule has 0 amide bonds. The first-order valence-corrected chi connectivity index (χ1v) is 6.08. The molecule has 0 heterocycles. The van der Waals surface area contributed by atoms with E-state index in [2.05, 4.69) is 62.8 Å². The van der Waals surface area contributed by atoms with Gasteiger partial charge in [0.2, 0.25) is 0 Å². The third-order valence-corrected chi connectivity index (χ3v) is 3.29. The lowest BCUT2D eigenvalue weighted by molar-refractivity contribution is 0.790. The molecule has 0 fully saturated rings. The standard InChI is InChI=1S/C12H12Br2/c1-3-4-5-9(2)11-8-10(13)6-7-12(11)14/h6-9H,5H2,1-2H3. The van der Waals surface area contributed by atoms with Gasteiger partial charge in [-0.3, -0.25) is 0 Å². The molecule has 1 rings (SSSR count). The summed E-state index contributed by atoms with van der Waals surface area (Å²) >= 11 is 7.03. The Morgan fingerprint density at radius 1 is 1.36 bits per heavy atom. The molecule has 0 radical (unpaired) electrons. The minimum absolute atomic E-state index is 0.467. The van der Waals surface area contributed by atoms with Crippen LogP contribution in [0, 0.1) is 11.8 Å². The quantitative estimate of drug-likeness (QED) is 0.692. The zero-order valence-electron chi connectivity index (χ0n) is 8.27. The van der Waals surface area contributed by atoms with Gasteiger partial charge in [-0.2, -0.15) is 0 Å². The van der Waals surface area contributed by atoms with Crippen molar-refractivity contribution in [1.29, 1.82) is 0 Å². The highest BCUT2D eigenvalue weighted by Gasteiger charge is 2.08. The topological polar surface area (TPSA) is 0 Å². The summed E-state index contributed by atoms with van der Waals surface area (Å²) in [7, 11) is 0. The Morgan fingerprint density at radius 2 is 2.07 bits per heavy atom.